The van der Waals surface area contributed by atoms with Gasteiger partial charge in [0, 0.05) is 5.56 Å². The normalized spacial score (nSPS) is 17.1. The lowest BCUT2D eigenvalue weighted by molar-refractivity contribution is 0.340. The molecule has 1 heterocycles. The molecule has 0 radical (unpaired) electrons. The average molecular weight is 261 g/mol. The van der Waals surface area contributed by atoms with Crippen LogP contribution in [-0.2, 0) is 0 Å². The molecule has 0 amide bonds. The van der Waals surface area contributed by atoms with Crippen molar-refractivity contribution in [3.63, 3.8) is 0 Å². The van der Waals surface area contributed by atoms with E-state index in [1.807, 2.05) is 30.3 Å². The van der Waals surface area contributed by atoms with Crippen molar-refractivity contribution in [3.05, 3.63) is 53.1 Å². The monoisotopic (exact) mass is 260 g/mol. The Morgan fingerprint density at radius 3 is 2.89 bits per heavy atom. The minimum Gasteiger partial charge on any atom is -0.491 e. The first-order valence-corrected chi connectivity index (χ1v) is 6.16. The molecule has 3 rings (SSSR count). The van der Waals surface area contributed by atoms with Crippen LogP contribution in [0.3, 0.4) is 0 Å². The fourth-order valence-corrected chi connectivity index (χ4v) is 2.31. The Hall–Kier alpha value is -1.87. The van der Waals surface area contributed by atoms with E-state index < -0.39 is 0 Å². The van der Waals surface area contributed by atoms with Crippen LogP contribution in [0.5, 0.6) is 5.75 Å². The van der Waals surface area contributed by atoms with Gasteiger partial charge < -0.3 is 15.8 Å². The molecule has 1 aliphatic heterocycles. The molecule has 3 nitrogen and oxygen atoms in total. The van der Waals surface area contributed by atoms with Crippen molar-refractivity contribution in [2.24, 2.45) is 0 Å². The second-order valence-electron chi connectivity index (χ2n) is 4.25. The van der Waals surface area contributed by atoms with Crippen molar-refractivity contribution < 1.29 is 4.74 Å². The number of ether oxygens (including phenoxy) is 1. The van der Waals surface area contributed by atoms with Gasteiger partial charge in [-0.1, -0.05) is 35.9 Å². The van der Waals surface area contributed by atoms with Crippen molar-refractivity contribution in [2.75, 3.05) is 17.7 Å². The summed E-state index contributed by atoms with van der Waals surface area (Å²) >= 11 is 6.00. The molecule has 4 heteroatoms. The molecule has 92 valence electrons. The Bertz CT molecular complexity index is 586. The van der Waals surface area contributed by atoms with Crippen molar-refractivity contribution in [1.82, 2.24) is 0 Å². The minimum atomic E-state index is 0.113. The Morgan fingerprint density at radius 2 is 2.00 bits per heavy atom. The summed E-state index contributed by atoms with van der Waals surface area (Å²) in [5.41, 5.74) is 8.51. The third-order valence-corrected chi connectivity index (χ3v) is 3.41. The van der Waals surface area contributed by atoms with Gasteiger partial charge in [0.05, 0.1) is 22.4 Å². The van der Waals surface area contributed by atoms with Crippen molar-refractivity contribution in [2.45, 2.75) is 6.04 Å². The lowest BCUT2D eigenvalue weighted by Crippen LogP contribution is -2.13. The first-order chi connectivity index (χ1) is 8.75. The molecule has 0 fully saturated rings. The van der Waals surface area contributed by atoms with E-state index in [-0.39, 0.29) is 6.04 Å². The van der Waals surface area contributed by atoms with E-state index >= 15 is 0 Å². The number of hydrogen-bond donors (Lipinski definition) is 2. The van der Waals surface area contributed by atoms with E-state index in [1.165, 1.54) is 0 Å². The maximum absolute atomic E-state index is 6.00. The number of para-hydroxylation sites is 2. The molecule has 3 N–H and O–H groups in total. The zero-order valence-electron chi connectivity index (χ0n) is 9.69. The van der Waals surface area contributed by atoms with Gasteiger partial charge in [0.15, 0.2) is 0 Å². The number of hydrogen-bond acceptors (Lipinski definition) is 3. The summed E-state index contributed by atoms with van der Waals surface area (Å²) in [5.74, 6) is 0.926. The lowest BCUT2D eigenvalue weighted by atomic mass is 10.1. The van der Waals surface area contributed by atoms with E-state index in [2.05, 4.69) is 11.4 Å². The first kappa shape index (κ1) is 11.2. The van der Waals surface area contributed by atoms with Crippen LogP contribution >= 0.6 is 11.6 Å². The van der Waals surface area contributed by atoms with Gasteiger partial charge in [-0.25, -0.2) is 0 Å². The molecule has 0 bridgehead atoms. The fourth-order valence-electron chi connectivity index (χ4n) is 2.13. The maximum Gasteiger partial charge on any atom is 0.124 e. The Labute approximate surface area is 111 Å². The number of nitrogens with one attached hydrogen (secondary N) is 1. The summed E-state index contributed by atoms with van der Waals surface area (Å²) in [6, 6.07) is 13.7. The van der Waals surface area contributed by atoms with Crippen LogP contribution in [-0.4, -0.2) is 6.61 Å². The highest BCUT2D eigenvalue weighted by Gasteiger charge is 2.23. The number of nitrogen functional groups attached to an aromatic ring is 1. The zero-order valence-corrected chi connectivity index (χ0v) is 10.4. The van der Waals surface area contributed by atoms with Crippen LogP contribution in [0.25, 0.3) is 0 Å². The quantitative estimate of drug-likeness (QED) is 0.813. The van der Waals surface area contributed by atoms with Gasteiger partial charge in [-0.15, -0.1) is 0 Å². The van der Waals surface area contributed by atoms with E-state index in [4.69, 9.17) is 22.1 Å². The number of fused-ring (bicyclic) bond motifs is 1. The minimum absolute atomic E-state index is 0.113. The Balaban J connectivity index is 1.89. The van der Waals surface area contributed by atoms with Crippen LogP contribution in [0.2, 0.25) is 5.02 Å². The molecular weight excluding hydrogens is 248 g/mol. The molecule has 0 spiro atoms. The number of anilines is 2. The van der Waals surface area contributed by atoms with Gasteiger partial charge in [-0.2, -0.15) is 0 Å². The number of halogens is 1. The molecule has 0 aliphatic carbocycles. The second kappa shape index (κ2) is 4.42. The number of nitrogens with two attached hydrogens (primary N) is 1. The molecule has 0 saturated heterocycles. The van der Waals surface area contributed by atoms with E-state index in [1.54, 1.807) is 6.07 Å². The van der Waals surface area contributed by atoms with Gasteiger partial charge >= 0.3 is 0 Å². The summed E-state index contributed by atoms with van der Waals surface area (Å²) in [5, 5.41) is 3.93. The Morgan fingerprint density at radius 1 is 1.17 bits per heavy atom. The topological polar surface area (TPSA) is 47.3 Å². The molecule has 0 saturated carbocycles. The smallest absolute Gasteiger partial charge is 0.124 e. The van der Waals surface area contributed by atoms with Crippen LogP contribution in [0.15, 0.2) is 42.5 Å². The summed E-state index contributed by atoms with van der Waals surface area (Å²) in [6.07, 6.45) is 0. The van der Waals surface area contributed by atoms with Gasteiger partial charge in [0.25, 0.3) is 0 Å². The van der Waals surface area contributed by atoms with Crippen LogP contribution in [0.1, 0.15) is 11.6 Å². The first-order valence-electron chi connectivity index (χ1n) is 5.78. The van der Waals surface area contributed by atoms with E-state index in [9.17, 15) is 0 Å². The van der Waals surface area contributed by atoms with Gasteiger partial charge in [-0.05, 0) is 18.2 Å². The van der Waals surface area contributed by atoms with Crippen molar-refractivity contribution >= 4 is 23.0 Å². The SMILES string of the molecule is Nc1c(Cl)cccc1NC1COc2ccccc21. The third kappa shape index (κ3) is 1.87. The predicted octanol–water partition coefficient (Wildman–Crippen LogP) is 3.47. The lowest BCUT2D eigenvalue weighted by Gasteiger charge is -2.15. The van der Waals surface area contributed by atoms with Gasteiger partial charge in [-0.3, -0.25) is 0 Å². The molecule has 1 atom stereocenters. The van der Waals surface area contributed by atoms with E-state index in [0.717, 1.165) is 17.0 Å². The molecule has 1 unspecified atom stereocenters. The number of benzene rings is 2. The van der Waals surface area contributed by atoms with Crippen molar-refractivity contribution in [1.29, 1.82) is 0 Å². The van der Waals surface area contributed by atoms with Gasteiger partial charge in [0.2, 0.25) is 0 Å². The standard InChI is InChI=1S/C14H13ClN2O/c15-10-5-3-6-11(14(10)16)17-12-8-18-13-7-2-1-4-9(12)13/h1-7,12,17H,8,16H2. The van der Waals surface area contributed by atoms with Crippen LogP contribution in [0, 0.1) is 0 Å². The van der Waals surface area contributed by atoms with Crippen LogP contribution in [0.4, 0.5) is 11.4 Å². The highest BCUT2D eigenvalue weighted by molar-refractivity contribution is 6.33. The third-order valence-electron chi connectivity index (χ3n) is 3.08. The summed E-state index contributed by atoms with van der Waals surface area (Å²) in [7, 11) is 0. The van der Waals surface area contributed by atoms with Gasteiger partial charge in [0.1, 0.15) is 12.4 Å². The number of rotatable bonds is 2. The molecular formula is C14H13ClN2O. The molecule has 2 aromatic carbocycles. The average Bonchev–Trinajstić information content (AvgIpc) is 2.79. The van der Waals surface area contributed by atoms with Crippen molar-refractivity contribution in [3.8, 4) is 5.75 Å². The highest BCUT2D eigenvalue weighted by atomic mass is 35.5. The largest absolute Gasteiger partial charge is 0.491 e. The predicted molar refractivity (Wildman–Crippen MR) is 74.2 cm³/mol. The molecule has 1 aliphatic rings. The zero-order chi connectivity index (χ0) is 12.5. The van der Waals surface area contributed by atoms with Crippen LogP contribution < -0.4 is 15.8 Å². The second-order valence-corrected chi connectivity index (χ2v) is 4.65. The maximum atomic E-state index is 6.00. The fraction of sp³-hybridized carbons (Fsp3) is 0.143. The Kier molecular flexibility index (Phi) is 2.76. The summed E-state index contributed by atoms with van der Waals surface area (Å²) in [4.78, 5) is 0. The molecule has 18 heavy (non-hydrogen) atoms. The highest BCUT2D eigenvalue weighted by Crippen LogP contribution is 2.36. The summed E-state index contributed by atoms with van der Waals surface area (Å²) in [6.45, 7) is 0.602. The molecule has 2 aromatic rings. The molecule has 0 aromatic heterocycles. The van der Waals surface area contributed by atoms with E-state index in [0.29, 0.717) is 17.3 Å². The summed E-state index contributed by atoms with van der Waals surface area (Å²) < 4.78 is 5.62.